The Labute approximate surface area is 187 Å². The van der Waals surface area contributed by atoms with Crippen molar-refractivity contribution in [1.29, 1.82) is 0 Å². The molecule has 0 spiro atoms. The highest BCUT2D eigenvalue weighted by molar-refractivity contribution is 5.96. The third-order valence-electron chi connectivity index (χ3n) is 5.77. The molecule has 0 bridgehead atoms. The lowest BCUT2D eigenvalue weighted by molar-refractivity contribution is -0.131. The summed E-state index contributed by atoms with van der Waals surface area (Å²) in [6.07, 6.45) is 1.80. The molecule has 1 atom stereocenters. The summed E-state index contributed by atoms with van der Waals surface area (Å²) in [7, 11) is 0. The summed E-state index contributed by atoms with van der Waals surface area (Å²) in [4.78, 5) is 40.2. The number of para-hydroxylation sites is 2. The summed E-state index contributed by atoms with van der Waals surface area (Å²) in [5.41, 5.74) is 3.58. The highest BCUT2D eigenvalue weighted by Gasteiger charge is 2.25. The molecule has 32 heavy (non-hydrogen) atoms. The number of likely N-dealkylation sites (tertiary alicyclic amines) is 1. The van der Waals surface area contributed by atoms with Crippen LogP contribution in [-0.2, 0) is 20.9 Å². The number of amides is 3. The molecule has 0 aromatic heterocycles. The maximum absolute atomic E-state index is 12.8. The van der Waals surface area contributed by atoms with E-state index in [1.54, 1.807) is 18.2 Å². The number of rotatable bonds is 8. The third-order valence-corrected chi connectivity index (χ3v) is 5.77. The van der Waals surface area contributed by atoms with E-state index >= 15 is 0 Å². The Balaban J connectivity index is 1.75. The maximum Gasteiger partial charge on any atom is 0.243 e. The van der Waals surface area contributed by atoms with Crippen LogP contribution < -0.4 is 10.4 Å². The summed E-state index contributed by atoms with van der Waals surface area (Å²) < 4.78 is 0. The molecule has 1 saturated heterocycles. The molecule has 2 aromatic rings. The van der Waals surface area contributed by atoms with Gasteiger partial charge in [0.1, 0.15) is 5.75 Å². The van der Waals surface area contributed by atoms with Crippen molar-refractivity contribution in [2.75, 3.05) is 18.0 Å². The molecule has 0 saturated carbocycles. The highest BCUT2D eigenvalue weighted by atomic mass is 16.5. The van der Waals surface area contributed by atoms with Gasteiger partial charge in [-0.2, -0.15) is 0 Å². The van der Waals surface area contributed by atoms with E-state index in [0.29, 0.717) is 5.69 Å². The number of aromatic hydroxyl groups is 1. The van der Waals surface area contributed by atoms with Gasteiger partial charge in [0.05, 0.1) is 18.2 Å². The smallest absolute Gasteiger partial charge is 0.243 e. The second kappa shape index (κ2) is 10.8. The van der Waals surface area contributed by atoms with E-state index in [2.05, 4.69) is 0 Å². The molecule has 3 rings (SSSR count). The first kappa shape index (κ1) is 23.3. The first-order valence-electron chi connectivity index (χ1n) is 10.8. The number of anilines is 1. The largest absolute Gasteiger partial charge is 0.506 e. The minimum atomic E-state index is -0.656. The Kier molecular flexibility index (Phi) is 7.83. The number of nitrogens with one attached hydrogen (secondary N) is 1. The van der Waals surface area contributed by atoms with Gasteiger partial charge in [-0.1, -0.05) is 36.4 Å². The Morgan fingerprint density at radius 2 is 1.69 bits per heavy atom. The molecule has 0 aliphatic carbocycles. The van der Waals surface area contributed by atoms with Gasteiger partial charge in [-0.25, -0.2) is 5.48 Å². The van der Waals surface area contributed by atoms with Gasteiger partial charge in [-0.15, -0.1) is 0 Å². The van der Waals surface area contributed by atoms with E-state index in [9.17, 15) is 19.5 Å². The van der Waals surface area contributed by atoms with Crippen LogP contribution in [-0.4, -0.2) is 46.0 Å². The second-order valence-electron chi connectivity index (χ2n) is 8.00. The molecule has 1 unspecified atom stereocenters. The summed E-state index contributed by atoms with van der Waals surface area (Å²) in [5.74, 6) is -1.18. The first-order chi connectivity index (χ1) is 15.4. The Morgan fingerprint density at radius 1 is 1.03 bits per heavy atom. The average molecular weight is 440 g/mol. The molecule has 1 aliphatic heterocycles. The van der Waals surface area contributed by atoms with Crippen LogP contribution in [0.25, 0.3) is 0 Å². The molecule has 0 radical (unpaired) electrons. The van der Waals surface area contributed by atoms with Crippen molar-refractivity contribution in [2.45, 2.75) is 45.1 Å². The van der Waals surface area contributed by atoms with E-state index in [1.807, 2.05) is 36.1 Å². The zero-order valence-electron chi connectivity index (χ0n) is 18.2. The first-order valence-corrected chi connectivity index (χ1v) is 10.8. The molecule has 1 heterocycles. The van der Waals surface area contributed by atoms with E-state index in [0.717, 1.165) is 37.1 Å². The molecule has 3 amide bonds. The molecule has 8 nitrogen and oxygen atoms in total. The van der Waals surface area contributed by atoms with Gasteiger partial charge in [0, 0.05) is 25.9 Å². The number of benzene rings is 2. The number of phenols is 1. The summed E-state index contributed by atoms with van der Waals surface area (Å²) in [5, 5.41) is 18.9. The SMILES string of the molecule is CC(C(=O)N1CCCC1)c1ccc(CN(C(=O)CCC(=O)NO)c2ccccc2O)cc1. The van der Waals surface area contributed by atoms with Crippen molar-refractivity contribution in [3.63, 3.8) is 0 Å². The zero-order chi connectivity index (χ0) is 23.1. The fourth-order valence-corrected chi connectivity index (χ4v) is 3.86. The Hall–Kier alpha value is -3.39. The average Bonchev–Trinajstić information content (AvgIpc) is 3.36. The number of hydroxylamine groups is 1. The predicted molar refractivity (Wildman–Crippen MR) is 119 cm³/mol. The molecule has 1 fully saturated rings. The van der Waals surface area contributed by atoms with E-state index < -0.39 is 5.91 Å². The Morgan fingerprint density at radius 3 is 2.31 bits per heavy atom. The summed E-state index contributed by atoms with van der Waals surface area (Å²) in [6, 6.07) is 14.0. The van der Waals surface area contributed by atoms with Crippen molar-refractivity contribution in [1.82, 2.24) is 10.4 Å². The van der Waals surface area contributed by atoms with E-state index in [1.165, 1.54) is 16.4 Å². The van der Waals surface area contributed by atoms with Crippen molar-refractivity contribution >= 4 is 23.4 Å². The number of carbonyl (C=O) groups is 3. The van der Waals surface area contributed by atoms with Crippen LogP contribution in [0.2, 0.25) is 0 Å². The van der Waals surface area contributed by atoms with Crippen LogP contribution in [0, 0.1) is 0 Å². The lowest BCUT2D eigenvalue weighted by Gasteiger charge is -2.24. The standard InChI is InChI=1S/C24H29N3O5/c1-17(24(31)26-14-4-5-15-26)19-10-8-18(9-11-19)16-27(20-6-2-3-7-21(20)28)23(30)13-12-22(29)25-32/h2-3,6-11,17,28,32H,4-5,12-16H2,1H3,(H,25,29). The highest BCUT2D eigenvalue weighted by Crippen LogP contribution is 2.29. The molecule has 1 aliphatic rings. The lowest BCUT2D eigenvalue weighted by Crippen LogP contribution is -2.32. The molecular formula is C24H29N3O5. The van der Waals surface area contributed by atoms with E-state index in [-0.39, 0.29) is 42.9 Å². The normalized spacial score (nSPS) is 14.1. The van der Waals surface area contributed by atoms with Crippen molar-refractivity contribution in [3.8, 4) is 5.75 Å². The van der Waals surface area contributed by atoms with Crippen LogP contribution in [0.4, 0.5) is 5.69 Å². The van der Waals surface area contributed by atoms with Crippen LogP contribution in [0.1, 0.15) is 49.7 Å². The predicted octanol–water partition coefficient (Wildman–Crippen LogP) is 2.94. The quantitative estimate of drug-likeness (QED) is 0.433. The van der Waals surface area contributed by atoms with Crippen LogP contribution >= 0.6 is 0 Å². The van der Waals surface area contributed by atoms with Gasteiger partial charge in [-0.3, -0.25) is 19.6 Å². The van der Waals surface area contributed by atoms with Gasteiger partial charge in [0.15, 0.2) is 0 Å². The van der Waals surface area contributed by atoms with Gasteiger partial charge in [0.25, 0.3) is 0 Å². The van der Waals surface area contributed by atoms with Crippen LogP contribution in [0.15, 0.2) is 48.5 Å². The van der Waals surface area contributed by atoms with Gasteiger partial charge < -0.3 is 14.9 Å². The number of carbonyl (C=O) groups excluding carboxylic acids is 3. The van der Waals surface area contributed by atoms with Gasteiger partial charge in [-0.05, 0) is 43.0 Å². The fraction of sp³-hybridized carbons (Fsp3) is 0.375. The summed E-state index contributed by atoms with van der Waals surface area (Å²) >= 11 is 0. The number of phenolic OH excluding ortho intramolecular Hbond substituents is 1. The number of hydrogen-bond acceptors (Lipinski definition) is 5. The van der Waals surface area contributed by atoms with Gasteiger partial charge in [0.2, 0.25) is 17.7 Å². The molecule has 3 N–H and O–H groups in total. The third kappa shape index (κ3) is 5.64. The molecular weight excluding hydrogens is 410 g/mol. The van der Waals surface area contributed by atoms with Crippen molar-refractivity contribution in [3.05, 3.63) is 59.7 Å². The lowest BCUT2D eigenvalue weighted by atomic mass is 9.98. The number of nitrogens with zero attached hydrogens (tertiary/aromatic N) is 2. The maximum atomic E-state index is 12.8. The van der Waals surface area contributed by atoms with Gasteiger partial charge >= 0.3 is 0 Å². The monoisotopic (exact) mass is 439 g/mol. The van der Waals surface area contributed by atoms with Crippen LogP contribution in [0.5, 0.6) is 5.75 Å². The van der Waals surface area contributed by atoms with Crippen molar-refractivity contribution in [2.24, 2.45) is 0 Å². The molecule has 170 valence electrons. The van der Waals surface area contributed by atoms with E-state index in [4.69, 9.17) is 5.21 Å². The fourth-order valence-electron chi connectivity index (χ4n) is 3.86. The number of hydrogen-bond donors (Lipinski definition) is 3. The minimum Gasteiger partial charge on any atom is -0.506 e. The topological polar surface area (TPSA) is 110 Å². The minimum absolute atomic E-state index is 0.0473. The Bertz CT molecular complexity index is 954. The van der Waals surface area contributed by atoms with Crippen molar-refractivity contribution < 1.29 is 24.7 Å². The summed E-state index contributed by atoms with van der Waals surface area (Å²) in [6.45, 7) is 3.71. The molecule has 8 heteroatoms. The second-order valence-corrected chi connectivity index (χ2v) is 8.00. The molecule has 2 aromatic carbocycles. The van der Waals surface area contributed by atoms with Crippen LogP contribution in [0.3, 0.4) is 0 Å². The zero-order valence-corrected chi connectivity index (χ0v) is 18.2.